The zero-order chi connectivity index (χ0) is 16.7. The van der Waals surface area contributed by atoms with E-state index in [1.165, 1.54) is 6.07 Å². The Balaban J connectivity index is 1.43. The van der Waals surface area contributed by atoms with Gasteiger partial charge in [-0.15, -0.1) is 0 Å². The van der Waals surface area contributed by atoms with Gasteiger partial charge < -0.3 is 9.47 Å². The van der Waals surface area contributed by atoms with E-state index in [4.69, 9.17) is 0 Å². The lowest BCUT2D eigenvalue weighted by molar-refractivity contribution is -0.134. The Morgan fingerprint density at radius 3 is 3.00 bits per heavy atom. The number of hydrogen-bond acceptors (Lipinski definition) is 2. The molecular formula is C19H22FN3O. The number of likely N-dealkylation sites (tertiary alicyclic amines) is 1. The van der Waals surface area contributed by atoms with Crippen molar-refractivity contribution < 1.29 is 9.18 Å². The van der Waals surface area contributed by atoms with E-state index in [1.807, 2.05) is 30.3 Å². The number of carbonyl (C=O) groups is 1. The van der Waals surface area contributed by atoms with Crippen molar-refractivity contribution in [2.24, 2.45) is 5.92 Å². The molecule has 4 nitrogen and oxygen atoms in total. The van der Waals surface area contributed by atoms with E-state index < -0.39 is 0 Å². The quantitative estimate of drug-likeness (QED) is 0.867. The molecule has 1 aromatic carbocycles. The highest BCUT2D eigenvalue weighted by Gasteiger charge is 2.46. The van der Waals surface area contributed by atoms with Crippen molar-refractivity contribution in [1.82, 2.24) is 14.5 Å². The largest absolute Gasteiger partial charge is 0.340 e. The Bertz CT molecular complexity index is 757. The van der Waals surface area contributed by atoms with E-state index >= 15 is 0 Å². The van der Waals surface area contributed by atoms with E-state index in [-0.39, 0.29) is 23.6 Å². The predicted molar refractivity (Wildman–Crippen MR) is 89.1 cm³/mol. The number of carbonyl (C=O) groups excluding carboxylic acids is 1. The number of imidazole rings is 1. The highest BCUT2D eigenvalue weighted by Crippen LogP contribution is 2.49. The molecule has 0 N–H and O–H groups in total. The van der Waals surface area contributed by atoms with Crippen molar-refractivity contribution in [3.63, 3.8) is 0 Å². The third-order valence-corrected chi connectivity index (χ3v) is 5.35. The van der Waals surface area contributed by atoms with Crippen molar-refractivity contribution in [1.29, 1.82) is 0 Å². The second-order valence-corrected chi connectivity index (χ2v) is 6.97. The van der Waals surface area contributed by atoms with Crippen LogP contribution in [0.5, 0.6) is 0 Å². The van der Waals surface area contributed by atoms with Crippen LogP contribution in [0.25, 0.3) is 0 Å². The number of rotatable bonds is 3. The summed E-state index contributed by atoms with van der Waals surface area (Å²) in [5, 5.41) is 0. The fourth-order valence-corrected chi connectivity index (χ4v) is 3.96. The van der Waals surface area contributed by atoms with E-state index in [9.17, 15) is 9.18 Å². The first-order valence-corrected chi connectivity index (χ1v) is 8.67. The second-order valence-electron chi connectivity index (χ2n) is 6.97. The summed E-state index contributed by atoms with van der Waals surface area (Å²) >= 11 is 0. The van der Waals surface area contributed by atoms with Crippen LogP contribution < -0.4 is 0 Å². The number of aromatic nitrogens is 2. The van der Waals surface area contributed by atoms with E-state index in [1.54, 1.807) is 12.1 Å². The maximum absolute atomic E-state index is 13.4. The molecule has 1 aliphatic carbocycles. The predicted octanol–water partition coefficient (Wildman–Crippen LogP) is 3.30. The Morgan fingerprint density at radius 2 is 2.25 bits per heavy atom. The minimum atomic E-state index is -0.223. The zero-order valence-electron chi connectivity index (χ0n) is 13.9. The Morgan fingerprint density at radius 1 is 1.38 bits per heavy atom. The summed E-state index contributed by atoms with van der Waals surface area (Å²) in [5.41, 5.74) is 0.951. The van der Waals surface area contributed by atoms with E-state index in [0.717, 1.165) is 43.7 Å². The van der Waals surface area contributed by atoms with Crippen LogP contribution in [0.2, 0.25) is 0 Å². The van der Waals surface area contributed by atoms with Crippen LogP contribution in [0, 0.1) is 18.7 Å². The third-order valence-electron chi connectivity index (χ3n) is 5.35. The molecule has 1 aliphatic heterocycles. The Kier molecular flexibility index (Phi) is 3.87. The zero-order valence-corrected chi connectivity index (χ0v) is 13.9. The number of aryl methyl sites for hydroxylation is 1. The molecule has 2 aromatic rings. The lowest BCUT2D eigenvalue weighted by atomic mass is 10.0. The third kappa shape index (κ3) is 2.83. The van der Waals surface area contributed by atoms with Gasteiger partial charge in [0.15, 0.2) is 0 Å². The molecule has 1 aromatic heterocycles. The Labute approximate surface area is 141 Å². The fourth-order valence-electron chi connectivity index (χ4n) is 3.96. The minimum absolute atomic E-state index is 0.0226. The average Bonchev–Trinajstić information content (AvgIpc) is 3.28. The maximum atomic E-state index is 13.4. The molecule has 1 saturated carbocycles. The molecule has 24 heavy (non-hydrogen) atoms. The number of benzene rings is 1. The van der Waals surface area contributed by atoms with Gasteiger partial charge in [0.05, 0.1) is 6.04 Å². The van der Waals surface area contributed by atoms with E-state index in [2.05, 4.69) is 9.55 Å². The van der Waals surface area contributed by atoms with Crippen LogP contribution in [0.3, 0.4) is 0 Å². The molecule has 2 heterocycles. The van der Waals surface area contributed by atoms with Gasteiger partial charge in [-0.2, -0.15) is 0 Å². The smallest absolute Gasteiger partial charge is 0.226 e. The van der Waals surface area contributed by atoms with Crippen molar-refractivity contribution in [3.05, 3.63) is 53.9 Å². The molecule has 0 spiro atoms. The summed E-state index contributed by atoms with van der Waals surface area (Å²) in [6.45, 7) is 3.58. The monoisotopic (exact) mass is 327 g/mol. The normalized spacial score (nSPS) is 26.4. The molecule has 3 atom stereocenters. The van der Waals surface area contributed by atoms with Crippen LogP contribution in [0.1, 0.15) is 42.6 Å². The van der Waals surface area contributed by atoms with Crippen molar-refractivity contribution in [3.8, 4) is 0 Å². The number of piperidine rings is 1. The van der Waals surface area contributed by atoms with Gasteiger partial charge in [-0.1, -0.05) is 12.1 Å². The number of halogens is 1. The maximum Gasteiger partial charge on any atom is 0.226 e. The SMILES string of the molecule is Cc1nccn1[C@@H]1CCCN(C(=O)[C@@H]2C[C@H]2c2cccc(F)c2)C1. The molecule has 5 heteroatoms. The van der Waals surface area contributed by atoms with Gasteiger partial charge in [0.25, 0.3) is 0 Å². The minimum Gasteiger partial charge on any atom is -0.340 e. The first-order chi connectivity index (χ1) is 11.6. The molecule has 1 saturated heterocycles. The summed E-state index contributed by atoms with van der Waals surface area (Å²) in [6, 6.07) is 6.98. The highest BCUT2D eigenvalue weighted by atomic mass is 19.1. The highest BCUT2D eigenvalue weighted by molar-refractivity contribution is 5.83. The molecule has 0 unspecified atom stereocenters. The first-order valence-electron chi connectivity index (χ1n) is 8.67. The van der Waals surface area contributed by atoms with Crippen LogP contribution in [0.4, 0.5) is 4.39 Å². The molecular weight excluding hydrogens is 305 g/mol. The van der Waals surface area contributed by atoms with Crippen molar-refractivity contribution in [2.45, 2.75) is 38.1 Å². The van der Waals surface area contributed by atoms with Crippen molar-refractivity contribution >= 4 is 5.91 Å². The van der Waals surface area contributed by atoms with Gasteiger partial charge in [0.2, 0.25) is 5.91 Å². The van der Waals surface area contributed by atoms with Crippen LogP contribution in [-0.2, 0) is 4.79 Å². The first kappa shape index (κ1) is 15.4. The van der Waals surface area contributed by atoms with Gasteiger partial charge in [0, 0.05) is 31.4 Å². The van der Waals surface area contributed by atoms with Gasteiger partial charge in [-0.25, -0.2) is 9.37 Å². The van der Waals surface area contributed by atoms with Crippen molar-refractivity contribution in [2.75, 3.05) is 13.1 Å². The van der Waals surface area contributed by atoms with Gasteiger partial charge in [0.1, 0.15) is 11.6 Å². The molecule has 0 radical (unpaired) electrons. The van der Waals surface area contributed by atoms with Crippen LogP contribution in [0.15, 0.2) is 36.7 Å². The van der Waals surface area contributed by atoms with Gasteiger partial charge in [-0.05, 0) is 49.8 Å². The summed E-state index contributed by atoms with van der Waals surface area (Å²) in [7, 11) is 0. The second kappa shape index (κ2) is 6.04. The van der Waals surface area contributed by atoms with E-state index in [0.29, 0.717) is 6.04 Å². The topological polar surface area (TPSA) is 38.1 Å². The molecule has 2 aliphatic rings. The summed E-state index contributed by atoms with van der Waals surface area (Å²) < 4.78 is 15.6. The van der Waals surface area contributed by atoms with Crippen LogP contribution >= 0.6 is 0 Å². The standard InChI is InChI=1S/C19H22FN3O/c1-13-21-7-9-23(13)16-6-3-8-22(12-16)19(24)18-11-17(18)14-4-2-5-15(20)10-14/h2,4-5,7,9-10,16-18H,3,6,8,11-12H2,1H3/t16-,17+,18-/m1/s1. The number of nitrogens with zero attached hydrogens (tertiary/aromatic N) is 3. The lowest BCUT2D eigenvalue weighted by Crippen LogP contribution is -2.41. The van der Waals surface area contributed by atoms with Crippen LogP contribution in [-0.4, -0.2) is 33.4 Å². The molecule has 4 rings (SSSR count). The molecule has 1 amide bonds. The average molecular weight is 327 g/mol. The number of amides is 1. The Hall–Kier alpha value is -2.17. The molecule has 2 fully saturated rings. The summed E-state index contributed by atoms with van der Waals surface area (Å²) in [5.74, 6) is 1.21. The number of hydrogen-bond donors (Lipinski definition) is 0. The lowest BCUT2D eigenvalue weighted by Gasteiger charge is -2.34. The summed E-state index contributed by atoms with van der Waals surface area (Å²) in [6.07, 6.45) is 6.76. The fraction of sp³-hybridized carbons (Fsp3) is 0.474. The molecule has 126 valence electrons. The summed E-state index contributed by atoms with van der Waals surface area (Å²) in [4.78, 5) is 19.1. The molecule has 0 bridgehead atoms. The van der Waals surface area contributed by atoms with Gasteiger partial charge in [-0.3, -0.25) is 4.79 Å². The van der Waals surface area contributed by atoms with Gasteiger partial charge >= 0.3 is 0 Å².